The first-order valence-corrected chi connectivity index (χ1v) is 5.04. The van der Waals surface area contributed by atoms with Gasteiger partial charge in [-0.3, -0.25) is 9.78 Å². The van der Waals surface area contributed by atoms with E-state index in [1.165, 1.54) is 0 Å². The van der Waals surface area contributed by atoms with Crippen molar-refractivity contribution in [3.05, 3.63) is 30.1 Å². The monoisotopic (exact) mass is 206 g/mol. The second-order valence-corrected chi connectivity index (χ2v) is 3.61. The normalized spacial score (nSPS) is 20.6. The minimum absolute atomic E-state index is 0.00449. The molecule has 0 spiro atoms. The number of aromatic nitrogens is 1. The third-order valence-corrected chi connectivity index (χ3v) is 2.65. The second-order valence-electron chi connectivity index (χ2n) is 3.61. The van der Waals surface area contributed by atoms with E-state index in [9.17, 15) is 4.79 Å². The molecule has 1 saturated heterocycles. The predicted molar refractivity (Wildman–Crippen MR) is 55.6 cm³/mol. The SMILES string of the molecule is COC1CCN(C(=O)c2ccccn2)C1. The number of ether oxygens (including phenoxy) is 1. The molecule has 2 rings (SSSR count). The highest BCUT2D eigenvalue weighted by molar-refractivity contribution is 5.92. The number of amides is 1. The average Bonchev–Trinajstić information content (AvgIpc) is 2.78. The number of hydrogen-bond donors (Lipinski definition) is 0. The van der Waals surface area contributed by atoms with Gasteiger partial charge < -0.3 is 9.64 Å². The lowest BCUT2D eigenvalue weighted by Gasteiger charge is -2.15. The van der Waals surface area contributed by atoms with Crippen LogP contribution in [-0.2, 0) is 4.74 Å². The molecule has 15 heavy (non-hydrogen) atoms. The summed E-state index contributed by atoms with van der Waals surface area (Å²) in [4.78, 5) is 17.7. The van der Waals surface area contributed by atoms with Gasteiger partial charge in [-0.05, 0) is 18.6 Å². The minimum Gasteiger partial charge on any atom is -0.380 e. The molecule has 0 bridgehead atoms. The number of carbonyl (C=O) groups excluding carboxylic acids is 1. The average molecular weight is 206 g/mol. The van der Waals surface area contributed by atoms with E-state index in [-0.39, 0.29) is 12.0 Å². The second kappa shape index (κ2) is 4.40. The Morgan fingerprint density at radius 2 is 2.47 bits per heavy atom. The van der Waals surface area contributed by atoms with Gasteiger partial charge in [-0.1, -0.05) is 6.07 Å². The van der Waals surface area contributed by atoms with Gasteiger partial charge in [-0.2, -0.15) is 0 Å². The topological polar surface area (TPSA) is 42.4 Å². The van der Waals surface area contributed by atoms with Gasteiger partial charge >= 0.3 is 0 Å². The largest absolute Gasteiger partial charge is 0.380 e. The van der Waals surface area contributed by atoms with Crippen LogP contribution in [0.3, 0.4) is 0 Å². The van der Waals surface area contributed by atoms with E-state index in [2.05, 4.69) is 4.98 Å². The smallest absolute Gasteiger partial charge is 0.272 e. The molecule has 1 aliphatic heterocycles. The molecular weight excluding hydrogens is 192 g/mol. The van der Waals surface area contributed by atoms with Crippen LogP contribution in [-0.4, -0.2) is 42.1 Å². The number of likely N-dealkylation sites (tertiary alicyclic amines) is 1. The summed E-state index contributed by atoms with van der Waals surface area (Å²) < 4.78 is 5.21. The Bertz CT molecular complexity index is 340. The number of rotatable bonds is 2. The fraction of sp³-hybridized carbons (Fsp3) is 0.455. The first-order chi connectivity index (χ1) is 7.31. The van der Waals surface area contributed by atoms with Crippen molar-refractivity contribution >= 4 is 5.91 Å². The third kappa shape index (κ3) is 2.15. The molecule has 0 radical (unpaired) electrons. The van der Waals surface area contributed by atoms with E-state index in [0.717, 1.165) is 13.0 Å². The molecule has 2 heterocycles. The van der Waals surface area contributed by atoms with Crippen LogP contribution in [0.5, 0.6) is 0 Å². The van der Waals surface area contributed by atoms with Gasteiger partial charge in [0.25, 0.3) is 5.91 Å². The van der Waals surface area contributed by atoms with Crippen LogP contribution in [0.15, 0.2) is 24.4 Å². The summed E-state index contributed by atoms with van der Waals surface area (Å²) in [6.45, 7) is 1.43. The van der Waals surface area contributed by atoms with Gasteiger partial charge in [0.05, 0.1) is 6.10 Å². The standard InChI is InChI=1S/C11H14N2O2/c1-15-9-5-7-13(8-9)11(14)10-4-2-3-6-12-10/h2-4,6,9H,5,7-8H2,1H3. The highest BCUT2D eigenvalue weighted by Gasteiger charge is 2.26. The maximum Gasteiger partial charge on any atom is 0.272 e. The number of hydrogen-bond acceptors (Lipinski definition) is 3. The zero-order valence-corrected chi connectivity index (χ0v) is 8.72. The van der Waals surface area contributed by atoms with Gasteiger partial charge in [0.2, 0.25) is 0 Å². The van der Waals surface area contributed by atoms with Crippen LogP contribution in [0.2, 0.25) is 0 Å². The highest BCUT2D eigenvalue weighted by atomic mass is 16.5. The fourth-order valence-electron chi connectivity index (χ4n) is 1.76. The summed E-state index contributed by atoms with van der Waals surface area (Å²) >= 11 is 0. The third-order valence-electron chi connectivity index (χ3n) is 2.65. The molecule has 1 aliphatic rings. The fourth-order valence-corrected chi connectivity index (χ4v) is 1.76. The molecule has 1 unspecified atom stereocenters. The summed E-state index contributed by atoms with van der Waals surface area (Å²) in [6.07, 6.45) is 2.73. The number of nitrogens with zero attached hydrogens (tertiary/aromatic N) is 2. The van der Waals surface area contributed by atoms with E-state index in [0.29, 0.717) is 12.2 Å². The van der Waals surface area contributed by atoms with Crippen molar-refractivity contribution in [1.82, 2.24) is 9.88 Å². The maximum atomic E-state index is 11.9. The van der Waals surface area contributed by atoms with Crippen molar-refractivity contribution in [2.45, 2.75) is 12.5 Å². The molecule has 4 heteroatoms. The number of methoxy groups -OCH3 is 1. The molecular formula is C11H14N2O2. The Kier molecular flexibility index (Phi) is 2.97. The van der Waals surface area contributed by atoms with Crippen LogP contribution in [0.1, 0.15) is 16.9 Å². The van der Waals surface area contributed by atoms with E-state index < -0.39 is 0 Å². The summed E-state index contributed by atoms with van der Waals surface area (Å²) in [5.41, 5.74) is 0.509. The van der Waals surface area contributed by atoms with Gasteiger partial charge in [-0.15, -0.1) is 0 Å². The molecule has 0 aromatic carbocycles. The van der Waals surface area contributed by atoms with Crippen LogP contribution in [0, 0.1) is 0 Å². The molecule has 1 fully saturated rings. The summed E-state index contributed by atoms with van der Waals surface area (Å²) in [5.74, 6) is -0.00449. The number of pyridine rings is 1. The molecule has 1 aromatic rings. The lowest BCUT2D eigenvalue weighted by atomic mass is 10.3. The van der Waals surface area contributed by atoms with Crippen LogP contribution < -0.4 is 0 Å². The predicted octanol–water partition coefficient (Wildman–Crippen LogP) is 0.943. The Morgan fingerprint density at radius 3 is 3.07 bits per heavy atom. The molecule has 80 valence electrons. The zero-order chi connectivity index (χ0) is 10.7. The Labute approximate surface area is 88.9 Å². The molecule has 4 nitrogen and oxygen atoms in total. The zero-order valence-electron chi connectivity index (χ0n) is 8.72. The number of carbonyl (C=O) groups is 1. The van der Waals surface area contributed by atoms with Crippen molar-refractivity contribution in [3.63, 3.8) is 0 Å². The summed E-state index contributed by atoms with van der Waals surface area (Å²) in [7, 11) is 1.68. The first kappa shape index (κ1) is 10.1. The van der Waals surface area contributed by atoms with Crippen molar-refractivity contribution in [2.75, 3.05) is 20.2 Å². The molecule has 1 amide bonds. The van der Waals surface area contributed by atoms with Gasteiger partial charge in [0.1, 0.15) is 5.69 Å². The van der Waals surface area contributed by atoms with Gasteiger partial charge in [0.15, 0.2) is 0 Å². The van der Waals surface area contributed by atoms with Crippen molar-refractivity contribution < 1.29 is 9.53 Å². The molecule has 0 aliphatic carbocycles. The van der Waals surface area contributed by atoms with Gasteiger partial charge in [-0.25, -0.2) is 0 Å². The highest BCUT2D eigenvalue weighted by Crippen LogP contribution is 2.14. The Balaban J connectivity index is 2.04. The molecule has 1 aromatic heterocycles. The first-order valence-electron chi connectivity index (χ1n) is 5.04. The van der Waals surface area contributed by atoms with Gasteiger partial charge in [0, 0.05) is 26.4 Å². The lowest BCUT2D eigenvalue weighted by Crippen LogP contribution is -2.30. The Hall–Kier alpha value is -1.42. The molecule has 0 saturated carbocycles. The lowest BCUT2D eigenvalue weighted by molar-refractivity contribution is 0.0719. The van der Waals surface area contributed by atoms with E-state index >= 15 is 0 Å². The van der Waals surface area contributed by atoms with Crippen molar-refractivity contribution in [3.8, 4) is 0 Å². The van der Waals surface area contributed by atoms with E-state index in [1.807, 2.05) is 6.07 Å². The minimum atomic E-state index is -0.00449. The van der Waals surface area contributed by atoms with Crippen LogP contribution >= 0.6 is 0 Å². The van der Waals surface area contributed by atoms with Crippen molar-refractivity contribution in [1.29, 1.82) is 0 Å². The molecule has 0 N–H and O–H groups in total. The van der Waals surface area contributed by atoms with E-state index in [4.69, 9.17) is 4.74 Å². The van der Waals surface area contributed by atoms with Crippen LogP contribution in [0.25, 0.3) is 0 Å². The van der Waals surface area contributed by atoms with Crippen molar-refractivity contribution in [2.24, 2.45) is 0 Å². The quantitative estimate of drug-likeness (QED) is 0.723. The maximum absolute atomic E-state index is 11.9. The summed E-state index contributed by atoms with van der Waals surface area (Å²) in [5, 5.41) is 0. The Morgan fingerprint density at radius 1 is 1.60 bits per heavy atom. The van der Waals surface area contributed by atoms with Crippen LogP contribution in [0.4, 0.5) is 0 Å². The summed E-state index contributed by atoms with van der Waals surface area (Å²) in [6, 6.07) is 5.37. The van der Waals surface area contributed by atoms with E-state index in [1.54, 1.807) is 30.3 Å². The molecule has 1 atom stereocenters.